The minimum absolute atomic E-state index is 0.0659. The summed E-state index contributed by atoms with van der Waals surface area (Å²) in [6, 6.07) is 11.2. The van der Waals surface area contributed by atoms with Crippen LogP contribution >= 0.6 is 11.6 Å². The number of aromatic nitrogens is 1. The summed E-state index contributed by atoms with van der Waals surface area (Å²) >= 11 is 6.03. The molecule has 3 nitrogen and oxygen atoms in total. The highest BCUT2D eigenvalue weighted by molar-refractivity contribution is 6.30. The van der Waals surface area contributed by atoms with Crippen molar-refractivity contribution < 1.29 is 4.79 Å². The minimum atomic E-state index is -0.0781. The molecule has 2 aromatic rings. The van der Waals surface area contributed by atoms with Crippen molar-refractivity contribution in [3.63, 3.8) is 0 Å². The van der Waals surface area contributed by atoms with E-state index in [0.29, 0.717) is 11.6 Å². The van der Waals surface area contributed by atoms with Crippen LogP contribution in [0.2, 0.25) is 5.02 Å². The quantitative estimate of drug-likeness (QED) is 0.854. The molecule has 1 aromatic heterocycles. The van der Waals surface area contributed by atoms with Gasteiger partial charge in [0.2, 0.25) is 5.91 Å². The molecule has 0 saturated carbocycles. The van der Waals surface area contributed by atoms with E-state index >= 15 is 0 Å². The van der Waals surface area contributed by atoms with Crippen LogP contribution in [0.4, 0.5) is 5.69 Å². The summed E-state index contributed by atoms with van der Waals surface area (Å²) in [6.07, 6.45) is 3.49. The van der Waals surface area contributed by atoms with E-state index < -0.39 is 0 Å². The first-order valence-electron chi connectivity index (χ1n) is 6.54. The molecule has 2 rings (SSSR count). The molecule has 0 aliphatic heterocycles. The summed E-state index contributed by atoms with van der Waals surface area (Å²) in [4.78, 5) is 18.3. The topological polar surface area (TPSA) is 33.2 Å². The summed E-state index contributed by atoms with van der Waals surface area (Å²) in [6.45, 7) is 4.28. The maximum atomic E-state index is 12.4. The second-order valence-corrected chi connectivity index (χ2v) is 5.36. The largest absolute Gasteiger partial charge is 0.308 e. The Morgan fingerprint density at radius 2 is 2.10 bits per heavy atom. The molecule has 20 heavy (non-hydrogen) atoms. The highest BCUT2D eigenvalue weighted by Gasteiger charge is 2.19. The zero-order valence-electron chi connectivity index (χ0n) is 11.6. The number of rotatable bonds is 4. The van der Waals surface area contributed by atoms with Crippen molar-refractivity contribution in [1.82, 2.24) is 4.98 Å². The Kier molecular flexibility index (Phi) is 4.74. The summed E-state index contributed by atoms with van der Waals surface area (Å²) in [5.41, 5.74) is 1.79. The second kappa shape index (κ2) is 6.53. The van der Waals surface area contributed by atoms with Gasteiger partial charge in [0.1, 0.15) is 0 Å². The molecule has 0 aliphatic carbocycles. The molecule has 0 N–H and O–H groups in total. The van der Waals surface area contributed by atoms with E-state index in [9.17, 15) is 4.79 Å². The van der Waals surface area contributed by atoms with Crippen molar-refractivity contribution in [2.45, 2.75) is 20.4 Å². The Hall–Kier alpha value is -1.87. The molecule has 0 saturated heterocycles. The number of nitrogens with zero attached hydrogens (tertiary/aromatic N) is 2. The second-order valence-electron chi connectivity index (χ2n) is 4.92. The van der Waals surface area contributed by atoms with Gasteiger partial charge in [-0.15, -0.1) is 0 Å². The van der Waals surface area contributed by atoms with Crippen LogP contribution in [0.15, 0.2) is 48.8 Å². The fourth-order valence-electron chi connectivity index (χ4n) is 1.93. The maximum absolute atomic E-state index is 12.4. The van der Waals surface area contributed by atoms with Crippen LogP contribution in [0.5, 0.6) is 0 Å². The van der Waals surface area contributed by atoms with Gasteiger partial charge in [0.15, 0.2) is 0 Å². The molecule has 0 spiro atoms. The molecule has 0 unspecified atom stereocenters. The molecule has 1 heterocycles. The van der Waals surface area contributed by atoms with Crippen molar-refractivity contribution in [3.8, 4) is 0 Å². The first kappa shape index (κ1) is 14.5. The van der Waals surface area contributed by atoms with Crippen molar-refractivity contribution in [2.24, 2.45) is 5.92 Å². The Labute approximate surface area is 124 Å². The summed E-state index contributed by atoms with van der Waals surface area (Å²) in [5, 5.41) is 0.621. The standard InChI is InChI=1S/C16H17ClN2O/c1-12(2)16(20)19(11-13-5-4-8-18-10-13)15-7-3-6-14(17)9-15/h3-10,12H,11H2,1-2H3. The first-order chi connectivity index (χ1) is 9.58. The van der Waals surface area contributed by atoms with Crippen LogP contribution in [0.25, 0.3) is 0 Å². The van der Waals surface area contributed by atoms with Crippen LogP contribution in [0.1, 0.15) is 19.4 Å². The lowest BCUT2D eigenvalue weighted by Gasteiger charge is -2.25. The Balaban J connectivity index is 2.32. The Morgan fingerprint density at radius 1 is 1.30 bits per heavy atom. The lowest BCUT2D eigenvalue weighted by molar-refractivity contribution is -0.121. The van der Waals surface area contributed by atoms with Crippen LogP contribution in [-0.2, 0) is 11.3 Å². The van der Waals surface area contributed by atoms with Gasteiger partial charge in [0.05, 0.1) is 6.54 Å². The Bertz CT molecular complexity index is 584. The van der Waals surface area contributed by atoms with Gasteiger partial charge in [-0.05, 0) is 29.8 Å². The van der Waals surface area contributed by atoms with E-state index in [1.54, 1.807) is 29.4 Å². The number of hydrogen-bond acceptors (Lipinski definition) is 2. The van der Waals surface area contributed by atoms with Crippen molar-refractivity contribution in [1.29, 1.82) is 0 Å². The number of halogens is 1. The number of benzene rings is 1. The lowest BCUT2D eigenvalue weighted by Crippen LogP contribution is -2.33. The van der Waals surface area contributed by atoms with E-state index in [4.69, 9.17) is 11.6 Å². The van der Waals surface area contributed by atoms with Gasteiger partial charge in [-0.1, -0.05) is 37.6 Å². The molecule has 4 heteroatoms. The zero-order chi connectivity index (χ0) is 14.5. The summed E-state index contributed by atoms with van der Waals surface area (Å²) < 4.78 is 0. The molecular formula is C16H17ClN2O. The smallest absolute Gasteiger partial charge is 0.229 e. The van der Waals surface area contributed by atoms with Gasteiger partial charge < -0.3 is 4.90 Å². The van der Waals surface area contributed by atoms with Crippen LogP contribution in [0.3, 0.4) is 0 Å². The van der Waals surface area contributed by atoms with E-state index in [0.717, 1.165) is 11.3 Å². The van der Waals surface area contributed by atoms with Crippen molar-refractivity contribution in [3.05, 3.63) is 59.4 Å². The van der Waals surface area contributed by atoms with Gasteiger partial charge in [-0.2, -0.15) is 0 Å². The van der Waals surface area contributed by atoms with Crippen LogP contribution in [-0.4, -0.2) is 10.9 Å². The van der Waals surface area contributed by atoms with E-state index in [1.807, 2.05) is 38.1 Å². The molecular weight excluding hydrogens is 272 g/mol. The molecule has 0 bridgehead atoms. The third kappa shape index (κ3) is 3.58. The number of carbonyl (C=O) groups excluding carboxylic acids is 1. The van der Waals surface area contributed by atoms with Crippen molar-refractivity contribution >= 4 is 23.2 Å². The number of anilines is 1. The molecule has 1 amide bonds. The van der Waals surface area contributed by atoms with Gasteiger partial charge in [-0.25, -0.2) is 0 Å². The van der Waals surface area contributed by atoms with Gasteiger partial charge in [0, 0.05) is 29.0 Å². The number of amides is 1. The average Bonchev–Trinajstić information content (AvgIpc) is 2.45. The number of pyridine rings is 1. The van der Waals surface area contributed by atoms with E-state index in [1.165, 1.54) is 0 Å². The first-order valence-corrected chi connectivity index (χ1v) is 6.91. The third-order valence-electron chi connectivity index (χ3n) is 2.94. The molecule has 1 aromatic carbocycles. The number of carbonyl (C=O) groups is 1. The van der Waals surface area contributed by atoms with Gasteiger partial charge in [-0.3, -0.25) is 9.78 Å². The average molecular weight is 289 g/mol. The monoisotopic (exact) mass is 288 g/mol. The predicted octanol–water partition coefficient (Wildman–Crippen LogP) is 3.92. The number of hydrogen-bond donors (Lipinski definition) is 0. The van der Waals surface area contributed by atoms with Gasteiger partial charge >= 0.3 is 0 Å². The van der Waals surface area contributed by atoms with E-state index in [2.05, 4.69) is 4.98 Å². The minimum Gasteiger partial charge on any atom is -0.308 e. The molecule has 0 fully saturated rings. The SMILES string of the molecule is CC(C)C(=O)N(Cc1cccnc1)c1cccc(Cl)c1. The van der Waals surface area contributed by atoms with Crippen LogP contribution < -0.4 is 4.90 Å². The van der Waals surface area contributed by atoms with E-state index in [-0.39, 0.29) is 11.8 Å². The molecule has 0 atom stereocenters. The molecule has 0 aliphatic rings. The summed E-state index contributed by atoms with van der Waals surface area (Å²) in [7, 11) is 0. The van der Waals surface area contributed by atoms with Gasteiger partial charge in [0.25, 0.3) is 0 Å². The molecule has 104 valence electrons. The molecule has 0 radical (unpaired) electrons. The maximum Gasteiger partial charge on any atom is 0.229 e. The highest BCUT2D eigenvalue weighted by Crippen LogP contribution is 2.23. The summed E-state index contributed by atoms with van der Waals surface area (Å²) in [5.74, 6) is -0.0122. The third-order valence-corrected chi connectivity index (χ3v) is 3.18. The zero-order valence-corrected chi connectivity index (χ0v) is 12.3. The fraction of sp³-hybridized carbons (Fsp3) is 0.250. The fourth-order valence-corrected chi connectivity index (χ4v) is 2.11. The highest BCUT2D eigenvalue weighted by atomic mass is 35.5. The lowest BCUT2D eigenvalue weighted by atomic mass is 10.1. The predicted molar refractivity (Wildman–Crippen MR) is 81.7 cm³/mol. The Morgan fingerprint density at radius 3 is 2.70 bits per heavy atom. The van der Waals surface area contributed by atoms with Crippen LogP contribution in [0, 0.1) is 5.92 Å². The van der Waals surface area contributed by atoms with Crippen molar-refractivity contribution in [2.75, 3.05) is 4.90 Å². The normalized spacial score (nSPS) is 10.6.